The summed E-state index contributed by atoms with van der Waals surface area (Å²) in [6.45, 7) is 7.29. The molecule has 2 aromatic rings. The van der Waals surface area contributed by atoms with Gasteiger partial charge in [-0.15, -0.1) is 0 Å². The standard InChI is InChI=1S/C20H23NO2S/c1-16-8-10-20(11-9-16)24(22,23)21-14-12-19(13-15-21)17(2)18-6-4-3-5-7-18/h3-11,19H,2,12-15H2,1H3. The first-order valence-corrected chi connectivity index (χ1v) is 9.73. The van der Waals surface area contributed by atoms with Crippen molar-refractivity contribution in [1.29, 1.82) is 0 Å². The number of nitrogens with zero attached hydrogens (tertiary/aromatic N) is 1. The Kier molecular flexibility index (Phi) is 4.88. The number of rotatable bonds is 4. The van der Waals surface area contributed by atoms with Gasteiger partial charge in [-0.2, -0.15) is 4.31 Å². The van der Waals surface area contributed by atoms with Crippen LogP contribution in [-0.4, -0.2) is 25.8 Å². The first kappa shape index (κ1) is 16.9. The second kappa shape index (κ2) is 6.91. The van der Waals surface area contributed by atoms with E-state index in [0.717, 1.165) is 29.5 Å². The molecule has 3 nitrogen and oxygen atoms in total. The topological polar surface area (TPSA) is 37.4 Å². The number of benzene rings is 2. The van der Waals surface area contributed by atoms with Crippen LogP contribution in [0.2, 0.25) is 0 Å². The van der Waals surface area contributed by atoms with Crippen molar-refractivity contribution < 1.29 is 8.42 Å². The zero-order valence-electron chi connectivity index (χ0n) is 14.0. The number of piperidine rings is 1. The van der Waals surface area contributed by atoms with Crippen molar-refractivity contribution >= 4 is 15.6 Å². The van der Waals surface area contributed by atoms with E-state index in [4.69, 9.17) is 0 Å². The lowest BCUT2D eigenvalue weighted by molar-refractivity contribution is 0.311. The summed E-state index contributed by atoms with van der Waals surface area (Å²) in [6.07, 6.45) is 1.64. The van der Waals surface area contributed by atoms with Crippen LogP contribution in [0.3, 0.4) is 0 Å². The summed E-state index contributed by atoms with van der Waals surface area (Å²) in [5.41, 5.74) is 3.33. The van der Waals surface area contributed by atoms with E-state index in [-0.39, 0.29) is 0 Å². The fourth-order valence-corrected chi connectivity index (χ4v) is 4.66. The Morgan fingerprint density at radius 2 is 1.58 bits per heavy atom. The summed E-state index contributed by atoms with van der Waals surface area (Å²) >= 11 is 0. The molecule has 4 heteroatoms. The molecule has 0 aliphatic carbocycles. The molecule has 1 saturated heterocycles. The van der Waals surface area contributed by atoms with Gasteiger partial charge in [0, 0.05) is 13.1 Å². The normalized spacial score (nSPS) is 16.9. The van der Waals surface area contributed by atoms with E-state index in [0.29, 0.717) is 23.9 Å². The molecule has 1 aliphatic heterocycles. The van der Waals surface area contributed by atoms with Crippen molar-refractivity contribution in [3.8, 4) is 0 Å². The summed E-state index contributed by atoms with van der Waals surface area (Å²) in [6, 6.07) is 17.2. The maximum atomic E-state index is 12.7. The Bertz CT molecular complexity index is 802. The van der Waals surface area contributed by atoms with Crippen molar-refractivity contribution in [2.24, 2.45) is 5.92 Å². The average molecular weight is 341 g/mol. The lowest BCUT2D eigenvalue weighted by atomic mass is 9.87. The van der Waals surface area contributed by atoms with Gasteiger partial charge in [0.1, 0.15) is 0 Å². The fourth-order valence-electron chi connectivity index (χ4n) is 3.19. The van der Waals surface area contributed by atoms with E-state index >= 15 is 0 Å². The van der Waals surface area contributed by atoms with Gasteiger partial charge in [0.05, 0.1) is 4.90 Å². The lowest BCUT2D eigenvalue weighted by Gasteiger charge is -2.32. The molecule has 1 aliphatic rings. The quantitative estimate of drug-likeness (QED) is 0.839. The van der Waals surface area contributed by atoms with E-state index in [1.165, 1.54) is 0 Å². The lowest BCUT2D eigenvalue weighted by Crippen LogP contribution is -2.38. The van der Waals surface area contributed by atoms with E-state index in [2.05, 4.69) is 18.7 Å². The molecule has 126 valence electrons. The van der Waals surface area contributed by atoms with Gasteiger partial charge in [-0.25, -0.2) is 8.42 Å². The second-order valence-electron chi connectivity index (χ2n) is 6.38. The van der Waals surface area contributed by atoms with Crippen molar-refractivity contribution in [3.63, 3.8) is 0 Å². The minimum Gasteiger partial charge on any atom is -0.207 e. The highest BCUT2D eigenvalue weighted by molar-refractivity contribution is 7.89. The predicted molar refractivity (Wildman–Crippen MR) is 98.1 cm³/mol. The molecule has 1 heterocycles. The summed E-state index contributed by atoms with van der Waals surface area (Å²) in [5, 5.41) is 0. The third kappa shape index (κ3) is 3.45. The van der Waals surface area contributed by atoms with Gasteiger partial charge in [-0.1, -0.05) is 54.6 Å². The zero-order chi connectivity index (χ0) is 17.2. The first-order valence-electron chi connectivity index (χ1n) is 8.29. The summed E-state index contributed by atoms with van der Waals surface area (Å²) < 4.78 is 27.1. The summed E-state index contributed by atoms with van der Waals surface area (Å²) in [7, 11) is -3.39. The van der Waals surface area contributed by atoms with Crippen molar-refractivity contribution in [1.82, 2.24) is 4.31 Å². The molecular weight excluding hydrogens is 318 g/mol. The van der Waals surface area contributed by atoms with Crippen LogP contribution >= 0.6 is 0 Å². The number of allylic oxidation sites excluding steroid dienone is 1. The molecule has 0 spiro atoms. The zero-order valence-corrected chi connectivity index (χ0v) is 14.8. The van der Waals surface area contributed by atoms with E-state index in [9.17, 15) is 8.42 Å². The monoisotopic (exact) mass is 341 g/mol. The second-order valence-corrected chi connectivity index (χ2v) is 8.32. The van der Waals surface area contributed by atoms with Crippen LogP contribution < -0.4 is 0 Å². The van der Waals surface area contributed by atoms with Crippen LogP contribution in [0.4, 0.5) is 0 Å². The third-order valence-corrected chi connectivity index (χ3v) is 6.66. The van der Waals surface area contributed by atoms with Crippen LogP contribution in [0.1, 0.15) is 24.0 Å². The number of hydrogen-bond acceptors (Lipinski definition) is 2. The fraction of sp³-hybridized carbons (Fsp3) is 0.300. The Morgan fingerprint density at radius 1 is 1.00 bits per heavy atom. The minimum atomic E-state index is -3.39. The van der Waals surface area contributed by atoms with Crippen molar-refractivity contribution in [2.45, 2.75) is 24.7 Å². The smallest absolute Gasteiger partial charge is 0.207 e. The summed E-state index contributed by atoms with van der Waals surface area (Å²) in [4.78, 5) is 0.383. The van der Waals surface area contributed by atoms with Gasteiger partial charge in [0.2, 0.25) is 10.0 Å². The van der Waals surface area contributed by atoms with E-state index in [1.54, 1.807) is 16.4 Å². The van der Waals surface area contributed by atoms with E-state index in [1.807, 2.05) is 37.3 Å². The first-order chi connectivity index (χ1) is 11.5. The molecule has 24 heavy (non-hydrogen) atoms. The maximum Gasteiger partial charge on any atom is 0.243 e. The molecule has 0 aromatic heterocycles. The largest absolute Gasteiger partial charge is 0.243 e. The van der Waals surface area contributed by atoms with Crippen molar-refractivity contribution in [2.75, 3.05) is 13.1 Å². The van der Waals surface area contributed by atoms with Gasteiger partial charge in [-0.3, -0.25) is 0 Å². The molecular formula is C20H23NO2S. The van der Waals surface area contributed by atoms with Gasteiger partial charge in [0.15, 0.2) is 0 Å². The Labute approximate surface area is 144 Å². The molecule has 1 fully saturated rings. The Hall–Kier alpha value is -1.91. The number of hydrogen-bond donors (Lipinski definition) is 0. The minimum absolute atomic E-state index is 0.344. The van der Waals surface area contributed by atoms with Crippen LogP contribution in [-0.2, 0) is 10.0 Å². The molecule has 2 aromatic carbocycles. The highest BCUT2D eigenvalue weighted by atomic mass is 32.2. The van der Waals surface area contributed by atoms with Gasteiger partial charge < -0.3 is 0 Å². The predicted octanol–water partition coefficient (Wildman–Crippen LogP) is 4.11. The third-order valence-electron chi connectivity index (χ3n) is 4.75. The molecule has 0 saturated carbocycles. The maximum absolute atomic E-state index is 12.7. The Morgan fingerprint density at radius 3 is 2.17 bits per heavy atom. The highest BCUT2D eigenvalue weighted by Crippen LogP contribution is 2.32. The van der Waals surface area contributed by atoms with Gasteiger partial charge in [-0.05, 0) is 49.0 Å². The number of aryl methyl sites for hydroxylation is 1. The average Bonchev–Trinajstić information content (AvgIpc) is 2.62. The molecule has 0 unspecified atom stereocenters. The van der Waals surface area contributed by atoms with Crippen LogP contribution in [0, 0.1) is 12.8 Å². The molecule has 0 radical (unpaired) electrons. The SMILES string of the molecule is C=C(c1ccccc1)C1CCN(S(=O)(=O)c2ccc(C)cc2)CC1. The van der Waals surface area contributed by atoms with Crippen LogP contribution in [0.25, 0.3) is 5.57 Å². The van der Waals surface area contributed by atoms with Crippen molar-refractivity contribution in [3.05, 3.63) is 72.3 Å². The van der Waals surface area contributed by atoms with Gasteiger partial charge >= 0.3 is 0 Å². The summed E-state index contributed by atoms with van der Waals surface area (Å²) in [5.74, 6) is 0.344. The molecule has 0 atom stereocenters. The molecule has 0 amide bonds. The Balaban J connectivity index is 1.68. The number of sulfonamides is 1. The molecule has 0 bridgehead atoms. The van der Waals surface area contributed by atoms with Crippen LogP contribution in [0.15, 0.2) is 66.1 Å². The van der Waals surface area contributed by atoms with Gasteiger partial charge in [0.25, 0.3) is 0 Å². The molecule has 0 N–H and O–H groups in total. The highest BCUT2D eigenvalue weighted by Gasteiger charge is 2.30. The van der Waals surface area contributed by atoms with Crippen LogP contribution in [0.5, 0.6) is 0 Å². The van der Waals surface area contributed by atoms with E-state index < -0.39 is 10.0 Å². The molecule has 3 rings (SSSR count).